The number of hydrogen-bond donors (Lipinski definition) is 1. The molecular weight excluding hydrogens is 268 g/mol. The van der Waals surface area contributed by atoms with Crippen LogP contribution in [-0.4, -0.2) is 48.8 Å². The molecule has 1 saturated heterocycles. The fourth-order valence-corrected chi connectivity index (χ4v) is 3.91. The maximum atomic E-state index is 12.5. The van der Waals surface area contributed by atoms with Gasteiger partial charge in [-0.05, 0) is 12.3 Å². The Labute approximate surface area is 113 Å². The van der Waals surface area contributed by atoms with Crippen molar-refractivity contribution < 1.29 is 13.2 Å². The predicted molar refractivity (Wildman–Crippen MR) is 71.0 cm³/mol. The zero-order valence-corrected chi connectivity index (χ0v) is 12.2. The first kappa shape index (κ1) is 14.3. The molecule has 2 atom stereocenters. The van der Waals surface area contributed by atoms with Gasteiger partial charge in [0.25, 0.3) is 0 Å². The molecule has 2 rings (SSSR count). The minimum atomic E-state index is -3.59. The Morgan fingerprint density at radius 1 is 1.53 bits per heavy atom. The third-order valence-corrected chi connectivity index (χ3v) is 5.48. The van der Waals surface area contributed by atoms with Crippen molar-refractivity contribution in [3.8, 4) is 0 Å². The van der Waals surface area contributed by atoms with E-state index in [4.69, 9.17) is 10.5 Å². The number of nitrogens with zero attached hydrogens (tertiary/aromatic N) is 3. The maximum absolute atomic E-state index is 12.5. The molecule has 0 radical (unpaired) electrons. The van der Waals surface area contributed by atoms with E-state index in [2.05, 4.69) is 12.0 Å². The number of ether oxygens (including phenoxy) is 1. The Kier molecular flexibility index (Phi) is 3.84. The molecule has 0 aromatic carbocycles. The molecule has 8 heteroatoms. The van der Waals surface area contributed by atoms with Crippen LogP contribution in [0.2, 0.25) is 0 Å². The summed E-state index contributed by atoms with van der Waals surface area (Å²) in [4.78, 5) is 0.0689. The lowest BCUT2D eigenvalue weighted by molar-refractivity contribution is 0.0184. The Hall–Kier alpha value is -1.12. The number of anilines is 1. The first-order valence-electron chi connectivity index (χ1n) is 6.18. The average Bonchev–Trinajstić information content (AvgIpc) is 2.69. The van der Waals surface area contributed by atoms with Gasteiger partial charge in [0, 0.05) is 33.4 Å². The molecule has 0 saturated carbocycles. The summed E-state index contributed by atoms with van der Waals surface area (Å²) < 4.78 is 33.2. The number of nitrogens with two attached hydrogens (primary N) is 1. The molecule has 19 heavy (non-hydrogen) atoms. The summed E-state index contributed by atoms with van der Waals surface area (Å²) in [6.07, 6.45) is 2.13. The van der Waals surface area contributed by atoms with E-state index in [1.165, 1.54) is 15.2 Å². The van der Waals surface area contributed by atoms with Crippen LogP contribution in [0.15, 0.2) is 11.1 Å². The zero-order valence-electron chi connectivity index (χ0n) is 11.4. The second-order valence-corrected chi connectivity index (χ2v) is 6.86. The summed E-state index contributed by atoms with van der Waals surface area (Å²) in [5.41, 5.74) is 5.66. The highest BCUT2D eigenvalue weighted by Crippen LogP contribution is 2.27. The van der Waals surface area contributed by atoms with Gasteiger partial charge < -0.3 is 10.5 Å². The van der Waals surface area contributed by atoms with Gasteiger partial charge >= 0.3 is 0 Å². The Bertz CT molecular complexity index is 554. The maximum Gasteiger partial charge on any atom is 0.248 e. The molecule has 2 unspecified atom stereocenters. The van der Waals surface area contributed by atoms with Crippen molar-refractivity contribution in [2.45, 2.75) is 24.3 Å². The summed E-state index contributed by atoms with van der Waals surface area (Å²) in [5.74, 6) is 0.387. The van der Waals surface area contributed by atoms with E-state index in [0.717, 1.165) is 6.42 Å². The lowest BCUT2D eigenvalue weighted by Crippen LogP contribution is -2.46. The molecule has 1 aliphatic heterocycles. The van der Waals surface area contributed by atoms with Crippen LogP contribution in [0.5, 0.6) is 0 Å². The number of aromatic nitrogens is 2. The van der Waals surface area contributed by atoms with Crippen molar-refractivity contribution in [1.29, 1.82) is 0 Å². The molecule has 1 fully saturated rings. The van der Waals surface area contributed by atoms with E-state index in [9.17, 15) is 8.42 Å². The Balaban J connectivity index is 2.28. The first-order valence-corrected chi connectivity index (χ1v) is 7.62. The van der Waals surface area contributed by atoms with Crippen molar-refractivity contribution in [3.63, 3.8) is 0 Å². The lowest BCUT2D eigenvalue weighted by atomic mass is 9.97. The van der Waals surface area contributed by atoms with Gasteiger partial charge in [-0.15, -0.1) is 0 Å². The zero-order chi connectivity index (χ0) is 14.2. The molecule has 2 heterocycles. The molecule has 1 aliphatic rings. The van der Waals surface area contributed by atoms with Crippen LogP contribution in [0.1, 0.15) is 13.3 Å². The minimum Gasteiger partial charge on any atom is -0.381 e. The highest BCUT2D eigenvalue weighted by molar-refractivity contribution is 7.89. The number of hydrogen-bond acceptors (Lipinski definition) is 5. The van der Waals surface area contributed by atoms with Gasteiger partial charge in [-0.3, -0.25) is 4.68 Å². The summed E-state index contributed by atoms with van der Waals surface area (Å²) in [7, 11) is -0.342. The van der Waals surface area contributed by atoms with Crippen LogP contribution in [0.3, 0.4) is 0 Å². The van der Waals surface area contributed by atoms with E-state index in [0.29, 0.717) is 19.0 Å². The Morgan fingerprint density at radius 2 is 2.21 bits per heavy atom. The molecule has 0 amide bonds. The summed E-state index contributed by atoms with van der Waals surface area (Å²) >= 11 is 0. The van der Waals surface area contributed by atoms with Gasteiger partial charge in [0.2, 0.25) is 10.0 Å². The number of rotatable bonds is 3. The second kappa shape index (κ2) is 5.10. The lowest BCUT2D eigenvalue weighted by Gasteiger charge is -2.35. The molecule has 0 aliphatic carbocycles. The predicted octanol–water partition coefficient (Wildman–Crippen LogP) is 0.0478. The Morgan fingerprint density at radius 3 is 2.74 bits per heavy atom. The third-order valence-electron chi connectivity index (χ3n) is 3.59. The van der Waals surface area contributed by atoms with E-state index in [1.807, 2.05) is 0 Å². The highest BCUT2D eigenvalue weighted by Gasteiger charge is 2.35. The molecule has 1 aromatic rings. The fraction of sp³-hybridized carbons (Fsp3) is 0.727. The molecule has 0 bridgehead atoms. The van der Waals surface area contributed by atoms with Gasteiger partial charge in [-0.25, -0.2) is 8.42 Å². The van der Waals surface area contributed by atoms with E-state index < -0.39 is 10.0 Å². The molecule has 108 valence electrons. The molecule has 0 spiro atoms. The second-order valence-electron chi connectivity index (χ2n) is 4.96. The normalized spacial score (nSPS) is 25.6. The van der Waals surface area contributed by atoms with Crippen molar-refractivity contribution in [3.05, 3.63) is 6.20 Å². The van der Waals surface area contributed by atoms with Gasteiger partial charge in [0.1, 0.15) is 4.90 Å². The summed E-state index contributed by atoms with van der Waals surface area (Å²) in [6.45, 7) is 2.91. The fourth-order valence-electron chi connectivity index (χ4n) is 2.35. The van der Waals surface area contributed by atoms with Crippen LogP contribution < -0.4 is 5.73 Å². The number of piperidine rings is 1. The highest BCUT2D eigenvalue weighted by atomic mass is 32.2. The van der Waals surface area contributed by atoms with E-state index in [1.54, 1.807) is 14.2 Å². The average molecular weight is 288 g/mol. The van der Waals surface area contributed by atoms with Gasteiger partial charge in [0.15, 0.2) is 5.82 Å². The quantitative estimate of drug-likeness (QED) is 0.848. The van der Waals surface area contributed by atoms with Crippen molar-refractivity contribution in [1.82, 2.24) is 14.1 Å². The van der Waals surface area contributed by atoms with Gasteiger partial charge in [-0.1, -0.05) is 6.92 Å². The van der Waals surface area contributed by atoms with Gasteiger partial charge in [0.05, 0.1) is 6.10 Å². The molecule has 2 N–H and O–H groups in total. The number of aryl methyl sites for hydroxylation is 1. The van der Waals surface area contributed by atoms with E-state index >= 15 is 0 Å². The largest absolute Gasteiger partial charge is 0.381 e. The number of methoxy groups -OCH3 is 1. The van der Waals surface area contributed by atoms with Crippen LogP contribution >= 0.6 is 0 Å². The van der Waals surface area contributed by atoms with Gasteiger partial charge in [-0.2, -0.15) is 9.40 Å². The summed E-state index contributed by atoms with van der Waals surface area (Å²) in [6, 6.07) is 0. The van der Waals surface area contributed by atoms with Crippen LogP contribution in [-0.2, 0) is 21.8 Å². The standard InChI is InChI=1S/C11H20N4O3S/c1-8-4-5-15(6-9(8)18-3)19(16,17)10-7-14(2)13-11(10)12/h7-9H,4-6H2,1-3H3,(H2,12,13). The van der Waals surface area contributed by atoms with Crippen LogP contribution in [0.25, 0.3) is 0 Å². The monoisotopic (exact) mass is 288 g/mol. The van der Waals surface area contributed by atoms with E-state index in [-0.39, 0.29) is 16.8 Å². The molecule has 1 aromatic heterocycles. The van der Waals surface area contributed by atoms with Crippen molar-refractivity contribution in [2.24, 2.45) is 13.0 Å². The smallest absolute Gasteiger partial charge is 0.248 e. The SMILES string of the molecule is COC1CN(S(=O)(=O)c2cn(C)nc2N)CCC1C. The summed E-state index contributed by atoms with van der Waals surface area (Å²) in [5, 5.41) is 3.88. The van der Waals surface area contributed by atoms with Crippen molar-refractivity contribution in [2.75, 3.05) is 25.9 Å². The number of sulfonamides is 1. The van der Waals surface area contributed by atoms with Crippen LogP contribution in [0, 0.1) is 5.92 Å². The van der Waals surface area contributed by atoms with Crippen LogP contribution in [0.4, 0.5) is 5.82 Å². The first-order chi connectivity index (χ1) is 8.86. The van der Waals surface area contributed by atoms with Crippen molar-refractivity contribution >= 4 is 15.8 Å². The molecular formula is C11H20N4O3S. The minimum absolute atomic E-state index is 0.0371. The molecule has 7 nitrogen and oxygen atoms in total. The topological polar surface area (TPSA) is 90.5 Å². The third kappa shape index (κ3) is 2.60. The number of nitrogen functional groups attached to an aromatic ring is 1.